The molecule has 0 saturated heterocycles. The van der Waals surface area contributed by atoms with E-state index >= 15 is 0 Å². The van der Waals surface area contributed by atoms with Crippen molar-refractivity contribution in [1.29, 1.82) is 0 Å². The van der Waals surface area contributed by atoms with Crippen molar-refractivity contribution in [2.45, 2.75) is 25.9 Å². The third-order valence-electron chi connectivity index (χ3n) is 3.79. The molecule has 0 aliphatic heterocycles. The topological polar surface area (TPSA) is 49.7 Å². The van der Waals surface area contributed by atoms with E-state index in [1.807, 2.05) is 36.4 Å². The second-order valence-electron chi connectivity index (χ2n) is 5.11. The summed E-state index contributed by atoms with van der Waals surface area (Å²) in [5.74, 6) is 0.866. The molecule has 102 valence electrons. The molecule has 0 spiro atoms. The summed E-state index contributed by atoms with van der Waals surface area (Å²) in [5, 5.41) is 18.8. The van der Waals surface area contributed by atoms with Gasteiger partial charge in [-0.15, -0.1) is 0 Å². The lowest BCUT2D eigenvalue weighted by Gasteiger charge is -2.14. The summed E-state index contributed by atoms with van der Waals surface area (Å²) >= 11 is 0. The van der Waals surface area contributed by atoms with Gasteiger partial charge in [-0.1, -0.05) is 36.4 Å². The molecule has 2 N–H and O–H groups in total. The van der Waals surface area contributed by atoms with E-state index in [1.54, 1.807) is 6.07 Å². The number of ether oxygens (including phenoxy) is 1. The van der Waals surface area contributed by atoms with Crippen LogP contribution in [-0.2, 0) is 19.4 Å². The summed E-state index contributed by atoms with van der Waals surface area (Å²) in [7, 11) is -1.40. The second-order valence-corrected chi connectivity index (χ2v) is 5.11. The van der Waals surface area contributed by atoms with Crippen LogP contribution in [0.15, 0.2) is 42.5 Å². The Morgan fingerprint density at radius 1 is 0.950 bits per heavy atom. The lowest BCUT2D eigenvalue weighted by Crippen LogP contribution is -2.33. The fraction of sp³-hybridized carbons (Fsp3) is 0.250. The fourth-order valence-electron chi connectivity index (χ4n) is 2.81. The Hall–Kier alpha value is -1.78. The van der Waals surface area contributed by atoms with Crippen LogP contribution in [0.3, 0.4) is 0 Å². The van der Waals surface area contributed by atoms with Crippen LogP contribution in [-0.4, -0.2) is 17.2 Å². The van der Waals surface area contributed by atoms with Gasteiger partial charge in [-0.3, -0.25) is 0 Å². The lowest BCUT2D eigenvalue weighted by molar-refractivity contribution is 0.303. The van der Waals surface area contributed by atoms with E-state index in [2.05, 4.69) is 0 Å². The van der Waals surface area contributed by atoms with Gasteiger partial charge in [0.2, 0.25) is 0 Å². The van der Waals surface area contributed by atoms with Gasteiger partial charge in [0.05, 0.1) is 0 Å². The molecule has 0 atom stereocenters. The third-order valence-corrected chi connectivity index (χ3v) is 3.79. The van der Waals surface area contributed by atoms with Crippen molar-refractivity contribution in [3.05, 3.63) is 59.2 Å². The summed E-state index contributed by atoms with van der Waals surface area (Å²) < 4.78 is 5.91. The SMILES string of the molecule is OB(O)c1ccc(OCc2ccccc2)c2c1CCC2. The second kappa shape index (κ2) is 5.69. The van der Waals surface area contributed by atoms with Crippen molar-refractivity contribution in [3.63, 3.8) is 0 Å². The molecule has 3 nitrogen and oxygen atoms in total. The van der Waals surface area contributed by atoms with E-state index < -0.39 is 7.12 Å². The molecule has 0 fully saturated rings. The molecule has 3 rings (SSSR count). The lowest BCUT2D eigenvalue weighted by atomic mass is 9.76. The minimum atomic E-state index is -1.40. The van der Waals surface area contributed by atoms with E-state index in [0.29, 0.717) is 12.1 Å². The van der Waals surface area contributed by atoms with Crippen molar-refractivity contribution < 1.29 is 14.8 Å². The van der Waals surface area contributed by atoms with Crippen LogP contribution in [0.2, 0.25) is 0 Å². The van der Waals surface area contributed by atoms with Crippen LogP contribution >= 0.6 is 0 Å². The van der Waals surface area contributed by atoms with Crippen LogP contribution in [0, 0.1) is 0 Å². The zero-order chi connectivity index (χ0) is 13.9. The molecule has 0 amide bonds. The normalized spacial score (nSPS) is 13.1. The summed E-state index contributed by atoms with van der Waals surface area (Å²) in [5.41, 5.74) is 3.92. The van der Waals surface area contributed by atoms with Crippen LogP contribution in [0.5, 0.6) is 5.75 Å². The zero-order valence-electron chi connectivity index (χ0n) is 11.2. The average Bonchev–Trinajstić information content (AvgIpc) is 2.95. The van der Waals surface area contributed by atoms with E-state index in [9.17, 15) is 10.0 Å². The van der Waals surface area contributed by atoms with Crippen molar-refractivity contribution >= 4 is 12.6 Å². The minimum Gasteiger partial charge on any atom is -0.489 e. The van der Waals surface area contributed by atoms with Crippen LogP contribution in [0.25, 0.3) is 0 Å². The van der Waals surface area contributed by atoms with Gasteiger partial charge in [0, 0.05) is 0 Å². The number of benzene rings is 2. The highest BCUT2D eigenvalue weighted by Gasteiger charge is 2.24. The highest BCUT2D eigenvalue weighted by molar-refractivity contribution is 6.59. The molecule has 4 heteroatoms. The summed E-state index contributed by atoms with van der Waals surface area (Å²) in [4.78, 5) is 0. The molecule has 0 bridgehead atoms. The first-order valence-electron chi connectivity index (χ1n) is 6.93. The molecule has 1 aliphatic carbocycles. The third kappa shape index (κ3) is 2.57. The molecule has 0 aromatic heterocycles. The largest absolute Gasteiger partial charge is 0.489 e. The van der Waals surface area contributed by atoms with Gasteiger partial charge >= 0.3 is 7.12 Å². The van der Waals surface area contributed by atoms with Gasteiger partial charge in [-0.05, 0) is 47.5 Å². The maximum absolute atomic E-state index is 9.40. The van der Waals surface area contributed by atoms with Crippen molar-refractivity contribution in [2.24, 2.45) is 0 Å². The molecule has 1 aliphatic rings. The molecule has 20 heavy (non-hydrogen) atoms. The van der Waals surface area contributed by atoms with Gasteiger partial charge in [-0.2, -0.15) is 0 Å². The van der Waals surface area contributed by atoms with Gasteiger partial charge in [0.1, 0.15) is 12.4 Å². The number of hydrogen-bond acceptors (Lipinski definition) is 3. The smallest absolute Gasteiger partial charge is 0.488 e. The first-order valence-corrected chi connectivity index (χ1v) is 6.93. The van der Waals surface area contributed by atoms with E-state index in [1.165, 1.54) is 0 Å². The van der Waals surface area contributed by atoms with Gasteiger partial charge in [0.25, 0.3) is 0 Å². The Morgan fingerprint density at radius 3 is 2.45 bits per heavy atom. The molecule has 0 heterocycles. The summed E-state index contributed by atoms with van der Waals surface area (Å²) in [6.45, 7) is 0.536. The fourth-order valence-corrected chi connectivity index (χ4v) is 2.81. The molecular formula is C16H17BO3. The maximum Gasteiger partial charge on any atom is 0.488 e. The highest BCUT2D eigenvalue weighted by Crippen LogP contribution is 2.30. The Bertz CT molecular complexity index is 596. The Morgan fingerprint density at radius 2 is 1.70 bits per heavy atom. The van der Waals surface area contributed by atoms with Crippen molar-refractivity contribution in [2.75, 3.05) is 0 Å². The van der Waals surface area contributed by atoms with E-state index in [-0.39, 0.29) is 0 Å². The van der Waals surface area contributed by atoms with Crippen molar-refractivity contribution in [1.82, 2.24) is 0 Å². The molecular weight excluding hydrogens is 251 g/mol. The predicted octanol–water partition coefficient (Wildman–Crippen LogP) is 1.43. The Kier molecular flexibility index (Phi) is 3.76. The average molecular weight is 268 g/mol. The summed E-state index contributed by atoms with van der Waals surface area (Å²) in [6, 6.07) is 13.6. The first-order chi connectivity index (χ1) is 9.75. The highest BCUT2D eigenvalue weighted by atomic mass is 16.5. The quantitative estimate of drug-likeness (QED) is 0.825. The zero-order valence-corrected chi connectivity index (χ0v) is 11.2. The Labute approximate surface area is 119 Å². The predicted molar refractivity (Wildman–Crippen MR) is 79.1 cm³/mol. The van der Waals surface area contributed by atoms with Crippen molar-refractivity contribution in [3.8, 4) is 5.75 Å². The van der Waals surface area contributed by atoms with Gasteiger partial charge in [0.15, 0.2) is 0 Å². The van der Waals surface area contributed by atoms with Crippen LogP contribution < -0.4 is 10.2 Å². The number of fused-ring (bicyclic) bond motifs is 1. The molecule has 2 aromatic rings. The molecule has 0 unspecified atom stereocenters. The van der Waals surface area contributed by atoms with Crippen LogP contribution in [0.1, 0.15) is 23.1 Å². The standard InChI is InChI=1S/C16H17BO3/c18-17(19)15-9-10-16(14-8-4-7-13(14)15)20-11-12-5-2-1-3-6-12/h1-3,5-6,9-10,18-19H,4,7-8,11H2. The maximum atomic E-state index is 9.40. The van der Waals surface area contributed by atoms with Gasteiger partial charge in [-0.25, -0.2) is 0 Å². The molecule has 0 saturated carbocycles. The first kappa shape index (κ1) is 13.2. The summed E-state index contributed by atoms with van der Waals surface area (Å²) in [6.07, 6.45) is 2.88. The minimum absolute atomic E-state index is 0.536. The number of rotatable bonds is 4. The number of hydrogen-bond donors (Lipinski definition) is 2. The Balaban J connectivity index is 1.83. The van der Waals surface area contributed by atoms with Gasteiger partial charge < -0.3 is 14.8 Å². The van der Waals surface area contributed by atoms with Crippen LogP contribution in [0.4, 0.5) is 0 Å². The molecule has 2 aromatic carbocycles. The molecule has 0 radical (unpaired) electrons. The van der Waals surface area contributed by atoms with E-state index in [0.717, 1.165) is 41.7 Å². The monoisotopic (exact) mass is 268 g/mol. The van der Waals surface area contributed by atoms with E-state index in [4.69, 9.17) is 4.74 Å².